The molecule has 3 heterocycles. The molecule has 1 amide bonds. The highest BCUT2D eigenvalue weighted by molar-refractivity contribution is 8.00. The molecule has 198 valence electrons. The topological polar surface area (TPSA) is 119 Å². The predicted molar refractivity (Wildman–Crippen MR) is 150 cm³/mol. The Kier molecular flexibility index (Phi) is 7.66. The highest BCUT2D eigenvalue weighted by Crippen LogP contribution is 2.38. The van der Waals surface area contributed by atoms with Crippen LogP contribution in [0.2, 0.25) is 0 Å². The van der Waals surface area contributed by atoms with Gasteiger partial charge < -0.3 is 15.0 Å². The van der Waals surface area contributed by atoms with Crippen LogP contribution in [0.25, 0.3) is 16.7 Å². The molecule has 0 saturated heterocycles. The second-order valence-electron chi connectivity index (χ2n) is 9.24. The summed E-state index contributed by atoms with van der Waals surface area (Å²) < 4.78 is 6.94. The molecule has 38 heavy (non-hydrogen) atoms. The maximum absolute atomic E-state index is 13.2. The molecule has 1 atom stereocenters. The average molecular weight is 552 g/mol. The minimum Gasteiger partial charge on any atom is -0.462 e. The number of amides is 1. The van der Waals surface area contributed by atoms with Gasteiger partial charge >= 0.3 is 5.97 Å². The van der Waals surface area contributed by atoms with E-state index in [9.17, 15) is 14.4 Å². The van der Waals surface area contributed by atoms with E-state index in [1.54, 1.807) is 18.5 Å². The zero-order chi connectivity index (χ0) is 26.8. The predicted octanol–water partition coefficient (Wildman–Crippen LogP) is 5.04. The van der Waals surface area contributed by atoms with Crippen LogP contribution in [0.5, 0.6) is 0 Å². The lowest BCUT2D eigenvalue weighted by Gasteiger charge is -2.12. The largest absolute Gasteiger partial charge is 0.462 e. The Morgan fingerprint density at radius 1 is 1.21 bits per heavy atom. The molecule has 0 spiro atoms. The van der Waals surface area contributed by atoms with Gasteiger partial charge in [0.2, 0.25) is 5.91 Å². The van der Waals surface area contributed by atoms with Gasteiger partial charge in [0.25, 0.3) is 5.56 Å². The van der Waals surface area contributed by atoms with Crippen molar-refractivity contribution in [3.63, 3.8) is 0 Å². The fourth-order valence-electron chi connectivity index (χ4n) is 4.51. The molecule has 4 aromatic rings. The molecule has 0 fully saturated rings. The molecule has 3 aromatic heterocycles. The monoisotopic (exact) mass is 551 g/mol. The molecular formula is C27H29N5O4S2. The standard InChI is InChI=1S/C27H29N5O4S2/c1-4-36-26(35)21-18-8-6-5-7-9-20(18)38-25(21)30-23(33)16(3)37-27-29-22-19(24(34)31-27)14-28-32(22)17-12-10-15(2)11-13-17/h10-14,16H,4-9H2,1-3H3,(H,30,33)(H,29,31,34)/t16-/m1/s1. The summed E-state index contributed by atoms with van der Waals surface area (Å²) in [7, 11) is 0. The number of aromatic nitrogens is 4. The van der Waals surface area contributed by atoms with Crippen LogP contribution < -0.4 is 10.9 Å². The van der Waals surface area contributed by atoms with E-state index in [1.807, 2.05) is 31.2 Å². The fraction of sp³-hybridized carbons (Fsp3) is 0.370. The van der Waals surface area contributed by atoms with E-state index in [4.69, 9.17) is 4.74 Å². The third-order valence-electron chi connectivity index (χ3n) is 6.49. The SMILES string of the molecule is CCOC(=O)c1c(NC(=O)[C@@H](C)Sc2nc3c(cnn3-c3ccc(C)cc3)c(=O)[nH]2)sc2c1CCCCC2. The summed E-state index contributed by atoms with van der Waals surface area (Å²) in [5.41, 5.74) is 3.47. The summed E-state index contributed by atoms with van der Waals surface area (Å²) >= 11 is 2.60. The number of thiophene rings is 1. The zero-order valence-corrected chi connectivity index (χ0v) is 23.1. The van der Waals surface area contributed by atoms with Gasteiger partial charge in [-0.1, -0.05) is 35.9 Å². The Balaban J connectivity index is 1.39. The number of nitrogens with zero attached hydrogens (tertiary/aromatic N) is 3. The van der Waals surface area contributed by atoms with Gasteiger partial charge in [0.15, 0.2) is 10.8 Å². The van der Waals surface area contributed by atoms with Crippen LogP contribution in [0.3, 0.4) is 0 Å². The molecular weight excluding hydrogens is 522 g/mol. The van der Waals surface area contributed by atoms with Crippen molar-refractivity contribution in [2.75, 3.05) is 11.9 Å². The summed E-state index contributed by atoms with van der Waals surface area (Å²) in [6.45, 7) is 5.78. The van der Waals surface area contributed by atoms with Gasteiger partial charge in [0.1, 0.15) is 10.4 Å². The van der Waals surface area contributed by atoms with E-state index in [-0.39, 0.29) is 18.1 Å². The normalized spacial score (nSPS) is 14.1. The van der Waals surface area contributed by atoms with E-state index in [2.05, 4.69) is 20.4 Å². The Labute approximate surface area is 228 Å². The van der Waals surface area contributed by atoms with Gasteiger partial charge in [-0.05, 0) is 64.2 Å². The van der Waals surface area contributed by atoms with Gasteiger partial charge in [0, 0.05) is 4.88 Å². The number of carbonyl (C=O) groups excluding carboxylic acids is 2. The molecule has 1 aliphatic rings. The molecule has 1 aliphatic carbocycles. The van der Waals surface area contributed by atoms with E-state index in [0.29, 0.717) is 26.8 Å². The summed E-state index contributed by atoms with van der Waals surface area (Å²) in [4.78, 5) is 47.3. The number of thioether (sulfide) groups is 1. The number of anilines is 1. The van der Waals surface area contributed by atoms with Gasteiger partial charge in [-0.3, -0.25) is 9.59 Å². The number of fused-ring (bicyclic) bond motifs is 2. The van der Waals surface area contributed by atoms with Gasteiger partial charge in [0.05, 0.1) is 29.3 Å². The van der Waals surface area contributed by atoms with Crippen molar-refractivity contribution in [3.05, 3.63) is 62.4 Å². The smallest absolute Gasteiger partial charge is 0.341 e. The summed E-state index contributed by atoms with van der Waals surface area (Å²) in [5, 5.41) is 7.92. The van der Waals surface area contributed by atoms with Crippen molar-refractivity contribution >= 4 is 51.0 Å². The van der Waals surface area contributed by atoms with Crippen LogP contribution in [-0.2, 0) is 22.4 Å². The lowest BCUT2D eigenvalue weighted by Crippen LogP contribution is -2.24. The number of ether oxygens (including phenoxy) is 1. The first-order chi connectivity index (χ1) is 18.4. The van der Waals surface area contributed by atoms with E-state index >= 15 is 0 Å². The summed E-state index contributed by atoms with van der Waals surface area (Å²) in [5.74, 6) is -0.685. The van der Waals surface area contributed by atoms with E-state index in [1.165, 1.54) is 17.5 Å². The molecule has 0 bridgehead atoms. The highest BCUT2D eigenvalue weighted by Gasteiger charge is 2.28. The average Bonchev–Trinajstić information content (AvgIpc) is 3.38. The molecule has 2 N–H and O–H groups in total. The first kappa shape index (κ1) is 26.2. The van der Waals surface area contributed by atoms with Crippen LogP contribution in [0.15, 0.2) is 40.4 Å². The third kappa shape index (κ3) is 5.25. The Bertz CT molecular complexity index is 1550. The van der Waals surface area contributed by atoms with E-state index in [0.717, 1.165) is 65.6 Å². The first-order valence-electron chi connectivity index (χ1n) is 12.7. The Morgan fingerprint density at radius 3 is 2.74 bits per heavy atom. The van der Waals surface area contributed by atoms with Crippen LogP contribution in [0, 0.1) is 6.92 Å². The van der Waals surface area contributed by atoms with Crippen molar-refractivity contribution in [2.45, 2.75) is 63.3 Å². The Hall–Kier alpha value is -3.44. The van der Waals surface area contributed by atoms with Gasteiger partial charge in [-0.15, -0.1) is 11.3 Å². The van der Waals surface area contributed by atoms with Gasteiger partial charge in [-0.25, -0.2) is 14.5 Å². The summed E-state index contributed by atoms with van der Waals surface area (Å²) in [6, 6.07) is 7.76. The Morgan fingerprint density at radius 2 is 1.97 bits per heavy atom. The third-order valence-corrected chi connectivity index (χ3v) is 8.68. The van der Waals surface area contributed by atoms with E-state index < -0.39 is 11.2 Å². The van der Waals surface area contributed by atoms with Gasteiger partial charge in [-0.2, -0.15) is 5.10 Å². The quantitative estimate of drug-likeness (QED) is 0.143. The molecule has 0 aliphatic heterocycles. The number of benzene rings is 1. The second kappa shape index (κ2) is 11.1. The van der Waals surface area contributed by atoms with Crippen LogP contribution >= 0.6 is 23.1 Å². The molecule has 0 radical (unpaired) electrons. The number of nitrogens with one attached hydrogen (secondary N) is 2. The number of esters is 1. The first-order valence-corrected chi connectivity index (χ1v) is 14.4. The maximum Gasteiger partial charge on any atom is 0.341 e. The number of hydrogen-bond acceptors (Lipinski definition) is 8. The maximum atomic E-state index is 13.2. The highest BCUT2D eigenvalue weighted by atomic mass is 32.2. The number of rotatable bonds is 7. The minimum absolute atomic E-state index is 0.268. The lowest BCUT2D eigenvalue weighted by molar-refractivity contribution is -0.115. The molecule has 0 saturated carbocycles. The molecule has 5 rings (SSSR count). The number of aryl methyl sites for hydroxylation is 2. The molecule has 11 heteroatoms. The fourth-order valence-corrected chi connectivity index (χ4v) is 6.59. The molecule has 1 aromatic carbocycles. The number of carbonyl (C=O) groups is 2. The number of aromatic amines is 1. The zero-order valence-electron chi connectivity index (χ0n) is 21.5. The van der Waals surface area contributed by atoms with Crippen LogP contribution in [0.1, 0.15) is 59.5 Å². The van der Waals surface area contributed by atoms with Crippen LogP contribution in [-0.4, -0.2) is 43.5 Å². The minimum atomic E-state index is -0.594. The van der Waals surface area contributed by atoms with Crippen molar-refractivity contribution in [2.24, 2.45) is 0 Å². The molecule has 0 unspecified atom stereocenters. The summed E-state index contributed by atoms with van der Waals surface area (Å²) in [6.07, 6.45) is 6.39. The number of hydrogen-bond donors (Lipinski definition) is 2. The van der Waals surface area contributed by atoms with Crippen molar-refractivity contribution in [1.29, 1.82) is 0 Å². The van der Waals surface area contributed by atoms with Crippen LogP contribution in [0.4, 0.5) is 5.00 Å². The lowest BCUT2D eigenvalue weighted by atomic mass is 10.1. The van der Waals surface area contributed by atoms with Crippen molar-refractivity contribution < 1.29 is 14.3 Å². The second-order valence-corrected chi connectivity index (χ2v) is 11.7. The molecule has 9 nitrogen and oxygen atoms in total. The van der Waals surface area contributed by atoms with Crippen molar-refractivity contribution in [1.82, 2.24) is 19.7 Å². The number of H-pyrrole nitrogens is 1. The van der Waals surface area contributed by atoms with Crippen molar-refractivity contribution in [3.8, 4) is 5.69 Å².